The third-order valence-corrected chi connectivity index (χ3v) is 3.69. The van der Waals surface area contributed by atoms with Crippen LogP contribution < -0.4 is 10.1 Å². The lowest BCUT2D eigenvalue weighted by Crippen LogP contribution is -2.42. The highest BCUT2D eigenvalue weighted by atomic mass is 19.1. The Hall–Kier alpha value is -2.31. The molecule has 1 aromatic rings. The Morgan fingerprint density at radius 2 is 2.00 bits per heavy atom. The second-order valence-corrected chi connectivity index (χ2v) is 5.84. The first-order valence-corrected chi connectivity index (χ1v) is 7.61. The van der Waals surface area contributed by atoms with Crippen molar-refractivity contribution in [3.63, 3.8) is 0 Å². The highest BCUT2D eigenvalue weighted by Gasteiger charge is 2.27. The molecule has 1 aliphatic heterocycles. The Morgan fingerprint density at radius 3 is 2.52 bits per heavy atom. The van der Waals surface area contributed by atoms with E-state index in [0.717, 1.165) is 0 Å². The first-order valence-electron chi connectivity index (χ1n) is 7.61. The smallest absolute Gasteiger partial charge is 0.321 e. The number of rotatable bonds is 4. The molecule has 0 aromatic heterocycles. The molecule has 0 aliphatic carbocycles. The average molecular weight is 324 g/mol. The summed E-state index contributed by atoms with van der Waals surface area (Å²) < 4.78 is 19.4. The number of anilines is 1. The fraction of sp³-hybridized carbons (Fsp3) is 0.500. The van der Waals surface area contributed by atoms with Crippen LogP contribution >= 0.6 is 0 Å². The Kier molecular flexibility index (Phi) is 5.41. The van der Waals surface area contributed by atoms with E-state index in [2.05, 4.69) is 5.32 Å². The Bertz CT molecular complexity index is 583. The Balaban J connectivity index is 1.94. The molecule has 126 valence electrons. The van der Waals surface area contributed by atoms with Gasteiger partial charge in [-0.15, -0.1) is 0 Å². The van der Waals surface area contributed by atoms with E-state index in [1.807, 2.05) is 13.8 Å². The SMILES string of the molecule is CC(C)Oc1ccc(NC(=O)N2CCC(C(=O)O)CC2)c(F)c1. The van der Waals surface area contributed by atoms with E-state index in [9.17, 15) is 14.0 Å². The minimum atomic E-state index is -0.836. The zero-order valence-electron chi connectivity index (χ0n) is 13.2. The van der Waals surface area contributed by atoms with Gasteiger partial charge < -0.3 is 20.1 Å². The van der Waals surface area contributed by atoms with Crippen molar-refractivity contribution in [1.82, 2.24) is 4.90 Å². The van der Waals surface area contributed by atoms with Crippen molar-refractivity contribution in [2.45, 2.75) is 32.8 Å². The normalized spacial score (nSPS) is 15.6. The van der Waals surface area contributed by atoms with Crippen LogP contribution in [-0.2, 0) is 4.79 Å². The standard InChI is InChI=1S/C16H21FN2O4/c1-10(2)23-12-3-4-14(13(17)9-12)18-16(22)19-7-5-11(6-8-19)15(20)21/h3-4,9-11H,5-8H2,1-2H3,(H,18,22)(H,20,21). The molecule has 0 bridgehead atoms. The third-order valence-electron chi connectivity index (χ3n) is 3.69. The summed E-state index contributed by atoms with van der Waals surface area (Å²) in [5.74, 6) is -1.42. The lowest BCUT2D eigenvalue weighted by Gasteiger charge is -2.30. The first kappa shape index (κ1) is 17.1. The molecule has 2 amide bonds. The lowest BCUT2D eigenvalue weighted by atomic mass is 9.97. The Morgan fingerprint density at radius 1 is 1.35 bits per heavy atom. The number of carbonyl (C=O) groups excluding carboxylic acids is 1. The number of amides is 2. The van der Waals surface area contributed by atoms with Gasteiger partial charge in [0.05, 0.1) is 17.7 Å². The van der Waals surface area contributed by atoms with Gasteiger partial charge in [-0.1, -0.05) is 0 Å². The maximum Gasteiger partial charge on any atom is 0.321 e. The number of piperidine rings is 1. The van der Waals surface area contributed by atoms with Gasteiger partial charge in [0.25, 0.3) is 0 Å². The van der Waals surface area contributed by atoms with Crippen molar-refractivity contribution in [1.29, 1.82) is 0 Å². The summed E-state index contributed by atoms with van der Waals surface area (Å²) in [6.07, 6.45) is 0.754. The maximum atomic E-state index is 14.0. The highest BCUT2D eigenvalue weighted by molar-refractivity contribution is 5.89. The molecule has 1 aliphatic rings. The molecule has 1 heterocycles. The average Bonchev–Trinajstić information content (AvgIpc) is 2.49. The predicted octanol–water partition coefficient (Wildman–Crippen LogP) is 2.94. The lowest BCUT2D eigenvalue weighted by molar-refractivity contribution is -0.143. The van der Waals surface area contributed by atoms with E-state index in [4.69, 9.17) is 9.84 Å². The number of ether oxygens (including phenoxy) is 1. The maximum absolute atomic E-state index is 14.0. The number of likely N-dealkylation sites (tertiary alicyclic amines) is 1. The molecule has 0 spiro atoms. The molecule has 0 radical (unpaired) electrons. The molecule has 7 heteroatoms. The largest absolute Gasteiger partial charge is 0.491 e. The van der Waals surface area contributed by atoms with Gasteiger partial charge in [-0.2, -0.15) is 0 Å². The molecule has 0 saturated carbocycles. The molecule has 0 atom stereocenters. The quantitative estimate of drug-likeness (QED) is 0.892. The van der Waals surface area contributed by atoms with Crippen LogP contribution in [0.4, 0.5) is 14.9 Å². The summed E-state index contributed by atoms with van der Waals surface area (Å²) in [5, 5.41) is 11.5. The van der Waals surface area contributed by atoms with Gasteiger partial charge in [-0.05, 0) is 38.8 Å². The summed E-state index contributed by atoms with van der Waals surface area (Å²) in [7, 11) is 0. The molecule has 2 rings (SSSR count). The number of benzene rings is 1. The minimum Gasteiger partial charge on any atom is -0.491 e. The van der Waals surface area contributed by atoms with Gasteiger partial charge in [0.2, 0.25) is 0 Å². The van der Waals surface area contributed by atoms with Crippen LogP contribution in [0.25, 0.3) is 0 Å². The van der Waals surface area contributed by atoms with Crippen LogP contribution in [0.1, 0.15) is 26.7 Å². The van der Waals surface area contributed by atoms with E-state index in [0.29, 0.717) is 31.7 Å². The van der Waals surface area contributed by atoms with Gasteiger partial charge in [0.1, 0.15) is 11.6 Å². The third kappa shape index (κ3) is 4.58. The summed E-state index contributed by atoms with van der Waals surface area (Å²) in [6, 6.07) is 3.85. The molecule has 1 fully saturated rings. The number of hydrogen-bond acceptors (Lipinski definition) is 3. The zero-order chi connectivity index (χ0) is 17.0. The number of carboxylic acids is 1. The molecular formula is C16H21FN2O4. The van der Waals surface area contributed by atoms with Crippen molar-refractivity contribution in [2.75, 3.05) is 18.4 Å². The summed E-state index contributed by atoms with van der Waals surface area (Å²) in [5.41, 5.74) is 0.0754. The summed E-state index contributed by atoms with van der Waals surface area (Å²) in [4.78, 5) is 24.5. The van der Waals surface area contributed by atoms with Gasteiger partial charge in [-0.25, -0.2) is 9.18 Å². The molecule has 23 heavy (non-hydrogen) atoms. The summed E-state index contributed by atoms with van der Waals surface area (Å²) >= 11 is 0. The van der Waals surface area contributed by atoms with Crippen molar-refractivity contribution in [3.05, 3.63) is 24.0 Å². The highest BCUT2D eigenvalue weighted by Crippen LogP contribution is 2.23. The van der Waals surface area contributed by atoms with Crippen molar-refractivity contribution in [3.8, 4) is 5.75 Å². The molecule has 0 unspecified atom stereocenters. The topological polar surface area (TPSA) is 78.9 Å². The molecular weight excluding hydrogens is 303 g/mol. The van der Waals surface area contributed by atoms with Crippen LogP contribution in [0.15, 0.2) is 18.2 Å². The number of nitrogens with zero attached hydrogens (tertiary/aromatic N) is 1. The molecule has 1 saturated heterocycles. The molecule has 2 N–H and O–H groups in total. The first-order chi connectivity index (χ1) is 10.9. The number of hydrogen-bond donors (Lipinski definition) is 2. The monoisotopic (exact) mass is 324 g/mol. The van der Waals surface area contributed by atoms with E-state index >= 15 is 0 Å². The van der Waals surface area contributed by atoms with Crippen LogP contribution in [0.3, 0.4) is 0 Å². The second-order valence-electron chi connectivity index (χ2n) is 5.84. The van der Waals surface area contributed by atoms with Crippen LogP contribution in [0.2, 0.25) is 0 Å². The number of nitrogens with one attached hydrogen (secondary N) is 1. The van der Waals surface area contributed by atoms with Gasteiger partial charge in [-0.3, -0.25) is 4.79 Å². The number of halogens is 1. The van der Waals surface area contributed by atoms with Crippen LogP contribution in [0, 0.1) is 11.7 Å². The Labute approximate surface area is 134 Å². The van der Waals surface area contributed by atoms with Crippen LogP contribution in [0.5, 0.6) is 5.75 Å². The van der Waals surface area contributed by atoms with Crippen LogP contribution in [-0.4, -0.2) is 41.2 Å². The summed E-state index contributed by atoms with van der Waals surface area (Å²) in [6.45, 7) is 4.38. The van der Waals surface area contributed by atoms with Gasteiger partial charge in [0, 0.05) is 19.2 Å². The van der Waals surface area contributed by atoms with E-state index in [1.54, 1.807) is 6.07 Å². The number of carboxylic acid groups (broad SMARTS) is 1. The number of urea groups is 1. The fourth-order valence-electron chi connectivity index (χ4n) is 2.47. The second kappa shape index (κ2) is 7.30. The zero-order valence-corrected chi connectivity index (χ0v) is 13.2. The van der Waals surface area contributed by atoms with E-state index in [-0.39, 0.29) is 11.8 Å². The minimum absolute atomic E-state index is 0.0645. The van der Waals surface area contributed by atoms with Gasteiger partial charge >= 0.3 is 12.0 Å². The predicted molar refractivity (Wildman–Crippen MR) is 83.1 cm³/mol. The number of aliphatic carboxylic acids is 1. The van der Waals surface area contributed by atoms with E-state index in [1.165, 1.54) is 17.0 Å². The van der Waals surface area contributed by atoms with Gasteiger partial charge in [0.15, 0.2) is 0 Å². The number of carbonyl (C=O) groups is 2. The van der Waals surface area contributed by atoms with Crippen molar-refractivity contribution >= 4 is 17.7 Å². The van der Waals surface area contributed by atoms with Crippen molar-refractivity contribution < 1.29 is 23.8 Å². The van der Waals surface area contributed by atoms with Crippen molar-refractivity contribution in [2.24, 2.45) is 5.92 Å². The fourth-order valence-corrected chi connectivity index (χ4v) is 2.47. The van der Waals surface area contributed by atoms with E-state index < -0.39 is 23.7 Å². The molecule has 1 aromatic carbocycles. The molecule has 6 nitrogen and oxygen atoms in total.